The smallest absolute Gasteiger partial charge is 0.409 e. The molecular formula is C13H19NO3. The van der Waals surface area contributed by atoms with Gasteiger partial charge in [0.1, 0.15) is 5.75 Å². The van der Waals surface area contributed by atoms with Gasteiger partial charge in [-0.1, -0.05) is 17.7 Å². The molecule has 4 nitrogen and oxygen atoms in total. The van der Waals surface area contributed by atoms with Crippen LogP contribution >= 0.6 is 0 Å². The van der Waals surface area contributed by atoms with E-state index in [1.54, 1.807) is 21.1 Å². The normalized spacial score (nSPS) is 9.88. The van der Waals surface area contributed by atoms with Crippen molar-refractivity contribution in [3.63, 3.8) is 0 Å². The van der Waals surface area contributed by atoms with Crippen LogP contribution in [0.25, 0.3) is 0 Å². The molecule has 17 heavy (non-hydrogen) atoms. The highest BCUT2D eigenvalue weighted by Gasteiger charge is 2.12. The lowest BCUT2D eigenvalue weighted by molar-refractivity contribution is 0.114. The van der Waals surface area contributed by atoms with Crippen molar-refractivity contribution in [3.05, 3.63) is 29.3 Å². The summed E-state index contributed by atoms with van der Waals surface area (Å²) in [5.41, 5.74) is 2.11. The van der Waals surface area contributed by atoms with Crippen LogP contribution in [0.4, 0.5) is 4.79 Å². The first kappa shape index (κ1) is 13.4. The number of hydrogen-bond donors (Lipinski definition) is 0. The molecule has 0 saturated carbocycles. The maximum absolute atomic E-state index is 11.5. The summed E-state index contributed by atoms with van der Waals surface area (Å²) in [5.74, 6) is 0.784. The molecule has 94 valence electrons. The van der Waals surface area contributed by atoms with Crippen LogP contribution in [0.15, 0.2) is 18.2 Å². The molecule has 0 N–H and O–H groups in total. The zero-order valence-electron chi connectivity index (χ0n) is 10.8. The van der Waals surface area contributed by atoms with Crippen molar-refractivity contribution < 1.29 is 14.3 Å². The van der Waals surface area contributed by atoms with Crippen molar-refractivity contribution in [3.8, 4) is 5.75 Å². The number of rotatable bonds is 4. The molecule has 0 unspecified atom stereocenters. The molecule has 0 aliphatic carbocycles. The first-order valence-corrected chi connectivity index (χ1v) is 5.60. The van der Waals surface area contributed by atoms with Gasteiger partial charge in [0.05, 0.1) is 20.3 Å². The summed E-state index contributed by atoms with van der Waals surface area (Å²) in [6.45, 7) is 4.66. The Hall–Kier alpha value is -1.71. The van der Waals surface area contributed by atoms with E-state index < -0.39 is 0 Å². The average molecular weight is 237 g/mol. The first-order chi connectivity index (χ1) is 8.08. The SMILES string of the molecule is CCOC(=O)N(C)Cc1cc(C)ccc1OC. The summed E-state index contributed by atoms with van der Waals surface area (Å²) < 4.78 is 10.2. The Bertz CT molecular complexity index is 390. The number of aryl methyl sites for hydroxylation is 1. The zero-order valence-corrected chi connectivity index (χ0v) is 10.8. The largest absolute Gasteiger partial charge is 0.496 e. The number of amides is 1. The fourth-order valence-electron chi connectivity index (χ4n) is 1.58. The highest BCUT2D eigenvalue weighted by Crippen LogP contribution is 2.21. The lowest BCUT2D eigenvalue weighted by atomic mass is 10.1. The summed E-state index contributed by atoms with van der Waals surface area (Å²) in [6, 6.07) is 5.89. The van der Waals surface area contributed by atoms with Crippen LogP contribution < -0.4 is 4.74 Å². The van der Waals surface area contributed by atoms with E-state index in [9.17, 15) is 4.79 Å². The van der Waals surface area contributed by atoms with Crippen molar-refractivity contribution in [1.82, 2.24) is 4.90 Å². The van der Waals surface area contributed by atoms with Crippen LogP contribution in [0.2, 0.25) is 0 Å². The Kier molecular flexibility index (Phi) is 4.82. The van der Waals surface area contributed by atoms with Crippen LogP contribution in [0.1, 0.15) is 18.1 Å². The van der Waals surface area contributed by atoms with Gasteiger partial charge < -0.3 is 14.4 Å². The maximum atomic E-state index is 11.5. The minimum atomic E-state index is -0.323. The van der Waals surface area contributed by atoms with Crippen molar-refractivity contribution >= 4 is 6.09 Å². The van der Waals surface area contributed by atoms with Gasteiger partial charge in [-0.3, -0.25) is 0 Å². The molecule has 0 bridgehead atoms. The summed E-state index contributed by atoms with van der Waals surface area (Å²) in [5, 5.41) is 0. The maximum Gasteiger partial charge on any atom is 0.409 e. The van der Waals surface area contributed by atoms with Gasteiger partial charge in [-0.05, 0) is 19.9 Å². The number of carbonyl (C=O) groups is 1. The molecule has 0 radical (unpaired) electrons. The van der Waals surface area contributed by atoms with Gasteiger partial charge >= 0.3 is 6.09 Å². The summed E-state index contributed by atoms with van der Waals surface area (Å²) in [7, 11) is 3.33. The monoisotopic (exact) mass is 237 g/mol. The van der Waals surface area contributed by atoms with Crippen molar-refractivity contribution in [2.45, 2.75) is 20.4 Å². The topological polar surface area (TPSA) is 38.8 Å². The van der Waals surface area contributed by atoms with E-state index in [0.717, 1.165) is 16.9 Å². The van der Waals surface area contributed by atoms with Crippen molar-refractivity contribution in [1.29, 1.82) is 0 Å². The van der Waals surface area contributed by atoms with Crippen LogP contribution in [-0.4, -0.2) is 31.8 Å². The Labute approximate surface area is 102 Å². The second-order valence-corrected chi connectivity index (χ2v) is 3.87. The fourth-order valence-corrected chi connectivity index (χ4v) is 1.58. The lowest BCUT2D eigenvalue weighted by Crippen LogP contribution is -2.27. The second kappa shape index (κ2) is 6.13. The molecular weight excluding hydrogens is 218 g/mol. The van der Waals surface area contributed by atoms with E-state index >= 15 is 0 Å². The third-order valence-corrected chi connectivity index (χ3v) is 2.42. The van der Waals surface area contributed by atoms with Gasteiger partial charge in [-0.15, -0.1) is 0 Å². The van der Waals surface area contributed by atoms with Gasteiger partial charge in [0.25, 0.3) is 0 Å². The van der Waals surface area contributed by atoms with E-state index in [1.165, 1.54) is 4.90 Å². The lowest BCUT2D eigenvalue weighted by Gasteiger charge is -2.18. The molecule has 1 aromatic carbocycles. The number of benzene rings is 1. The van der Waals surface area contributed by atoms with E-state index in [4.69, 9.17) is 9.47 Å². The van der Waals surface area contributed by atoms with Gasteiger partial charge in [-0.2, -0.15) is 0 Å². The predicted molar refractivity (Wildman–Crippen MR) is 66.2 cm³/mol. The molecule has 0 saturated heterocycles. The highest BCUT2D eigenvalue weighted by molar-refractivity contribution is 5.67. The summed E-state index contributed by atoms with van der Waals surface area (Å²) in [4.78, 5) is 13.0. The van der Waals surface area contributed by atoms with E-state index in [1.807, 2.05) is 25.1 Å². The molecule has 0 aliphatic rings. The van der Waals surface area contributed by atoms with Gasteiger partial charge in [0, 0.05) is 12.6 Å². The Balaban J connectivity index is 2.79. The number of nitrogens with zero attached hydrogens (tertiary/aromatic N) is 1. The molecule has 0 atom stereocenters. The van der Waals surface area contributed by atoms with E-state index in [2.05, 4.69) is 0 Å². The van der Waals surface area contributed by atoms with Crippen LogP contribution in [0.5, 0.6) is 5.75 Å². The Morgan fingerprint density at radius 3 is 2.71 bits per heavy atom. The molecule has 0 spiro atoms. The van der Waals surface area contributed by atoms with Crippen LogP contribution in [0, 0.1) is 6.92 Å². The molecule has 1 rings (SSSR count). The third-order valence-electron chi connectivity index (χ3n) is 2.42. The minimum Gasteiger partial charge on any atom is -0.496 e. The quantitative estimate of drug-likeness (QED) is 0.808. The van der Waals surface area contributed by atoms with Crippen molar-refractivity contribution in [2.24, 2.45) is 0 Å². The minimum absolute atomic E-state index is 0.323. The number of methoxy groups -OCH3 is 1. The van der Waals surface area contributed by atoms with Gasteiger partial charge in [0.2, 0.25) is 0 Å². The molecule has 4 heteroatoms. The predicted octanol–water partition coefficient (Wildman–Crippen LogP) is 2.59. The van der Waals surface area contributed by atoms with E-state index in [-0.39, 0.29) is 6.09 Å². The fraction of sp³-hybridized carbons (Fsp3) is 0.462. The number of ether oxygens (including phenoxy) is 2. The molecule has 1 aromatic rings. The first-order valence-electron chi connectivity index (χ1n) is 5.60. The summed E-state index contributed by atoms with van der Waals surface area (Å²) >= 11 is 0. The Morgan fingerprint density at radius 1 is 1.41 bits per heavy atom. The van der Waals surface area contributed by atoms with Gasteiger partial charge in [0.15, 0.2) is 0 Å². The van der Waals surface area contributed by atoms with Gasteiger partial charge in [-0.25, -0.2) is 4.79 Å². The average Bonchev–Trinajstić information content (AvgIpc) is 2.29. The number of hydrogen-bond acceptors (Lipinski definition) is 3. The molecule has 0 aromatic heterocycles. The Morgan fingerprint density at radius 2 is 2.12 bits per heavy atom. The molecule has 0 heterocycles. The zero-order chi connectivity index (χ0) is 12.8. The van der Waals surface area contributed by atoms with E-state index in [0.29, 0.717) is 13.2 Å². The standard InChI is InChI=1S/C13H19NO3/c1-5-17-13(15)14(3)9-11-8-10(2)6-7-12(11)16-4/h6-8H,5,9H2,1-4H3. The molecule has 0 fully saturated rings. The van der Waals surface area contributed by atoms with Crippen LogP contribution in [0.3, 0.4) is 0 Å². The van der Waals surface area contributed by atoms with Crippen molar-refractivity contribution in [2.75, 3.05) is 20.8 Å². The highest BCUT2D eigenvalue weighted by atomic mass is 16.6. The number of carbonyl (C=O) groups excluding carboxylic acids is 1. The third kappa shape index (κ3) is 3.66. The molecule has 0 aliphatic heterocycles. The van der Waals surface area contributed by atoms with Crippen LogP contribution in [-0.2, 0) is 11.3 Å². The second-order valence-electron chi connectivity index (χ2n) is 3.87. The molecule has 1 amide bonds. The summed E-state index contributed by atoms with van der Waals surface area (Å²) in [6.07, 6.45) is -0.323.